The molecule has 0 fully saturated rings. The Bertz CT molecular complexity index is 961. The quantitative estimate of drug-likeness (QED) is 0.672. The number of amides is 1. The van der Waals surface area contributed by atoms with Crippen LogP contribution in [0.1, 0.15) is 10.5 Å². The van der Waals surface area contributed by atoms with E-state index in [-0.39, 0.29) is 16.4 Å². The Labute approximate surface area is 158 Å². The maximum Gasteiger partial charge on any atom is 0.275 e. The van der Waals surface area contributed by atoms with E-state index in [1.165, 1.54) is 30.6 Å². The highest BCUT2D eigenvalue weighted by molar-refractivity contribution is 7.13. The summed E-state index contributed by atoms with van der Waals surface area (Å²) in [6, 6.07) is 9.42. The molecule has 1 N–H and O–H groups in total. The predicted octanol–water partition coefficient (Wildman–Crippen LogP) is 4.87. The third-order valence-electron chi connectivity index (χ3n) is 3.55. The highest BCUT2D eigenvalue weighted by atomic mass is 35.5. The van der Waals surface area contributed by atoms with Crippen LogP contribution in [0, 0.1) is 5.82 Å². The second-order valence-corrected chi connectivity index (χ2v) is 6.45. The standard InChI is InChI=1S/C18H14ClFN2O3S/c1-24-15-5-3-4-11(16(15)25-2)18-22-14(9-26-18)17(23)21-13-7-6-10(19)8-12(13)20/h3-9H,1-2H3,(H,21,23). The first-order valence-corrected chi connectivity index (χ1v) is 8.72. The van der Waals surface area contributed by atoms with Crippen LogP contribution in [0.5, 0.6) is 11.5 Å². The number of nitrogens with one attached hydrogen (secondary N) is 1. The number of methoxy groups -OCH3 is 2. The van der Waals surface area contributed by atoms with E-state index in [0.717, 1.165) is 6.07 Å². The highest BCUT2D eigenvalue weighted by Crippen LogP contribution is 2.39. The maximum absolute atomic E-state index is 13.8. The molecule has 0 unspecified atom stereocenters. The summed E-state index contributed by atoms with van der Waals surface area (Å²) < 4.78 is 24.5. The average molecular weight is 393 g/mol. The van der Waals surface area contributed by atoms with Crippen LogP contribution in [-0.4, -0.2) is 25.1 Å². The fourth-order valence-corrected chi connectivity index (χ4v) is 3.32. The molecule has 1 heterocycles. The minimum absolute atomic E-state index is 0.0351. The lowest BCUT2D eigenvalue weighted by atomic mass is 10.2. The Hall–Kier alpha value is -2.64. The minimum Gasteiger partial charge on any atom is -0.493 e. The van der Waals surface area contributed by atoms with Crippen molar-refractivity contribution in [3.63, 3.8) is 0 Å². The summed E-state index contributed by atoms with van der Waals surface area (Å²) in [4.78, 5) is 16.7. The zero-order valence-corrected chi connectivity index (χ0v) is 15.5. The molecule has 2 aromatic carbocycles. The van der Waals surface area contributed by atoms with Crippen molar-refractivity contribution >= 4 is 34.5 Å². The number of thiazole rings is 1. The van der Waals surface area contributed by atoms with E-state index in [1.807, 2.05) is 6.07 Å². The van der Waals surface area contributed by atoms with Gasteiger partial charge in [0.1, 0.15) is 16.5 Å². The Morgan fingerprint density at radius 1 is 1.23 bits per heavy atom. The Balaban J connectivity index is 1.87. The number of nitrogens with zero attached hydrogens (tertiary/aromatic N) is 1. The monoisotopic (exact) mass is 392 g/mol. The smallest absolute Gasteiger partial charge is 0.275 e. The summed E-state index contributed by atoms with van der Waals surface area (Å²) >= 11 is 6.98. The predicted molar refractivity (Wildman–Crippen MR) is 100 cm³/mol. The highest BCUT2D eigenvalue weighted by Gasteiger charge is 2.18. The molecular weight excluding hydrogens is 379 g/mol. The molecule has 0 radical (unpaired) electrons. The van der Waals surface area contributed by atoms with Crippen LogP contribution in [0.4, 0.5) is 10.1 Å². The van der Waals surface area contributed by atoms with E-state index in [2.05, 4.69) is 10.3 Å². The van der Waals surface area contributed by atoms with Crippen LogP contribution >= 0.6 is 22.9 Å². The molecule has 134 valence electrons. The molecular formula is C18H14ClFN2O3S. The molecule has 3 aromatic rings. The first-order chi connectivity index (χ1) is 12.5. The van der Waals surface area contributed by atoms with Crippen LogP contribution in [-0.2, 0) is 0 Å². The van der Waals surface area contributed by atoms with Crippen LogP contribution in [0.2, 0.25) is 5.02 Å². The largest absolute Gasteiger partial charge is 0.493 e. The number of hydrogen-bond acceptors (Lipinski definition) is 5. The fraction of sp³-hybridized carbons (Fsp3) is 0.111. The van der Waals surface area contributed by atoms with E-state index in [4.69, 9.17) is 21.1 Å². The first-order valence-electron chi connectivity index (χ1n) is 7.46. The summed E-state index contributed by atoms with van der Waals surface area (Å²) in [5.74, 6) is -0.0409. The number of rotatable bonds is 5. The minimum atomic E-state index is -0.615. The third kappa shape index (κ3) is 3.63. The molecule has 1 aromatic heterocycles. The molecule has 0 saturated carbocycles. The van der Waals surface area contributed by atoms with Gasteiger partial charge in [0.15, 0.2) is 11.5 Å². The summed E-state index contributed by atoms with van der Waals surface area (Å²) in [7, 11) is 3.08. The molecule has 1 amide bonds. The van der Waals surface area contributed by atoms with Crippen LogP contribution in [0.25, 0.3) is 10.6 Å². The van der Waals surface area contributed by atoms with Gasteiger partial charge in [-0.05, 0) is 30.3 Å². The lowest BCUT2D eigenvalue weighted by molar-refractivity contribution is 0.102. The van der Waals surface area contributed by atoms with Crippen molar-refractivity contribution in [1.82, 2.24) is 4.98 Å². The van der Waals surface area contributed by atoms with E-state index in [0.29, 0.717) is 22.1 Å². The van der Waals surface area contributed by atoms with Gasteiger partial charge in [0.2, 0.25) is 0 Å². The maximum atomic E-state index is 13.8. The molecule has 26 heavy (non-hydrogen) atoms. The van der Waals surface area contributed by atoms with Gasteiger partial charge in [-0.25, -0.2) is 9.37 Å². The van der Waals surface area contributed by atoms with Gasteiger partial charge in [-0.1, -0.05) is 17.7 Å². The lowest BCUT2D eigenvalue weighted by Crippen LogP contribution is -2.13. The van der Waals surface area contributed by atoms with Crippen LogP contribution < -0.4 is 14.8 Å². The molecule has 0 aliphatic rings. The van der Waals surface area contributed by atoms with Crippen LogP contribution in [0.3, 0.4) is 0 Å². The fourth-order valence-electron chi connectivity index (χ4n) is 2.33. The Morgan fingerprint density at radius 3 is 2.73 bits per heavy atom. The van der Waals surface area contributed by atoms with Crippen molar-refractivity contribution in [3.05, 3.63) is 58.3 Å². The van der Waals surface area contributed by atoms with Gasteiger partial charge in [0.05, 0.1) is 25.5 Å². The average Bonchev–Trinajstić information content (AvgIpc) is 3.13. The van der Waals surface area contributed by atoms with Crippen molar-refractivity contribution < 1.29 is 18.7 Å². The number of aromatic nitrogens is 1. The zero-order chi connectivity index (χ0) is 18.7. The molecule has 0 saturated heterocycles. The second kappa shape index (κ2) is 7.72. The van der Waals surface area contributed by atoms with Gasteiger partial charge in [-0.2, -0.15) is 0 Å². The Morgan fingerprint density at radius 2 is 2.04 bits per heavy atom. The number of benzene rings is 2. The molecule has 0 bridgehead atoms. The number of hydrogen-bond donors (Lipinski definition) is 1. The van der Waals surface area contributed by atoms with E-state index >= 15 is 0 Å². The van der Waals surface area contributed by atoms with Gasteiger partial charge < -0.3 is 14.8 Å². The normalized spacial score (nSPS) is 10.5. The van der Waals surface area contributed by atoms with Crippen LogP contribution in [0.15, 0.2) is 41.8 Å². The number of halogens is 2. The summed E-state index contributed by atoms with van der Waals surface area (Å²) in [6.45, 7) is 0. The van der Waals surface area contributed by atoms with E-state index in [9.17, 15) is 9.18 Å². The van der Waals surface area contributed by atoms with Crippen molar-refractivity contribution in [1.29, 1.82) is 0 Å². The molecule has 0 aliphatic carbocycles. The van der Waals surface area contributed by atoms with Gasteiger partial charge in [-0.15, -0.1) is 11.3 Å². The topological polar surface area (TPSA) is 60.5 Å². The molecule has 5 nitrogen and oxygen atoms in total. The second-order valence-electron chi connectivity index (χ2n) is 5.16. The lowest BCUT2D eigenvalue weighted by Gasteiger charge is -2.10. The van der Waals surface area contributed by atoms with Crippen molar-refractivity contribution in [3.8, 4) is 22.1 Å². The summed E-state index contributed by atoms with van der Waals surface area (Å²) in [5, 5.41) is 4.92. The third-order valence-corrected chi connectivity index (χ3v) is 4.66. The van der Waals surface area contributed by atoms with Gasteiger partial charge in [-0.3, -0.25) is 4.79 Å². The molecule has 3 rings (SSSR count). The van der Waals surface area contributed by atoms with Crippen molar-refractivity contribution in [2.75, 3.05) is 19.5 Å². The summed E-state index contributed by atoms with van der Waals surface area (Å²) in [5.41, 5.74) is 0.908. The molecule has 0 aliphatic heterocycles. The first kappa shape index (κ1) is 18.2. The molecule has 0 atom stereocenters. The number of ether oxygens (including phenoxy) is 2. The molecule has 0 spiro atoms. The van der Waals surface area contributed by atoms with E-state index in [1.54, 1.807) is 24.6 Å². The Kier molecular flexibility index (Phi) is 5.39. The van der Waals surface area contributed by atoms with Crippen molar-refractivity contribution in [2.24, 2.45) is 0 Å². The number of carbonyl (C=O) groups excluding carboxylic acids is 1. The van der Waals surface area contributed by atoms with Gasteiger partial charge in [0.25, 0.3) is 5.91 Å². The van der Waals surface area contributed by atoms with Crippen molar-refractivity contribution in [2.45, 2.75) is 0 Å². The zero-order valence-electron chi connectivity index (χ0n) is 13.9. The molecule has 8 heteroatoms. The SMILES string of the molecule is COc1cccc(-c2nc(C(=O)Nc3ccc(Cl)cc3F)cs2)c1OC. The number of anilines is 1. The summed E-state index contributed by atoms with van der Waals surface area (Å²) in [6.07, 6.45) is 0. The van der Waals surface area contributed by atoms with Gasteiger partial charge in [0, 0.05) is 10.4 Å². The number of carbonyl (C=O) groups is 1. The van der Waals surface area contributed by atoms with E-state index < -0.39 is 11.7 Å². The van der Waals surface area contributed by atoms with Gasteiger partial charge >= 0.3 is 0 Å². The number of para-hydroxylation sites is 1.